The van der Waals surface area contributed by atoms with Crippen molar-refractivity contribution in [1.82, 2.24) is 24.7 Å². The topological polar surface area (TPSA) is 87.5 Å². The number of piperidine rings is 2. The van der Waals surface area contributed by atoms with Gasteiger partial charge < -0.3 is 15.1 Å². The molecule has 0 aromatic carbocycles. The highest BCUT2D eigenvalue weighted by Gasteiger charge is 2.25. The van der Waals surface area contributed by atoms with E-state index in [2.05, 4.69) is 29.0 Å². The summed E-state index contributed by atoms with van der Waals surface area (Å²) in [7, 11) is 0. The number of rotatable bonds is 8. The number of carbonyl (C=O) groups is 2. The first-order chi connectivity index (χ1) is 16.9. The molecule has 2 amide bonds. The van der Waals surface area contributed by atoms with E-state index in [1.165, 1.54) is 47.9 Å². The van der Waals surface area contributed by atoms with Crippen LogP contribution in [0.1, 0.15) is 80.4 Å². The number of aromatic nitrogens is 2. The Kier molecular flexibility index (Phi) is 8.59. The number of aryl methyl sites for hydroxylation is 1. The number of hydrogen-bond donors (Lipinski definition) is 1. The molecule has 0 bridgehead atoms. The summed E-state index contributed by atoms with van der Waals surface area (Å²) in [4.78, 5) is 48.9. The van der Waals surface area contributed by atoms with E-state index in [0.717, 1.165) is 45.3 Å². The molecule has 9 heteroatoms. The van der Waals surface area contributed by atoms with E-state index in [9.17, 15) is 14.4 Å². The molecule has 2 aromatic heterocycles. The van der Waals surface area contributed by atoms with Gasteiger partial charge in [0.2, 0.25) is 5.91 Å². The lowest BCUT2D eigenvalue weighted by atomic mass is 10.00. The lowest BCUT2D eigenvalue weighted by molar-refractivity contribution is -0.135. The predicted octanol–water partition coefficient (Wildman–Crippen LogP) is 3.55. The highest BCUT2D eigenvalue weighted by molar-refractivity contribution is 7.20. The van der Waals surface area contributed by atoms with Gasteiger partial charge >= 0.3 is 0 Å². The summed E-state index contributed by atoms with van der Waals surface area (Å²) in [5, 5.41) is 3.48. The van der Waals surface area contributed by atoms with Gasteiger partial charge in [-0.15, -0.1) is 11.3 Å². The van der Waals surface area contributed by atoms with Crippen molar-refractivity contribution in [3.8, 4) is 0 Å². The molecule has 4 rings (SSSR count). The second-order valence-electron chi connectivity index (χ2n) is 10.0. The monoisotopic (exact) mass is 501 g/mol. The molecule has 1 N–H and O–H groups in total. The molecule has 2 saturated heterocycles. The van der Waals surface area contributed by atoms with Crippen molar-refractivity contribution in [2.75, 3.05) is 26.2 Å². The molecular formula is C26H39N5O3S. The molecule has 2 unspecified atom stereocenters. The fourth-order valence-corrected chi connectivity index (χ4v) is 6.63. The maximum atomic E-state index is 13.2. The zero-order valence-electron chi connectivity index (χ0n) is 21.3. The number of likely N-dealkylation sites (tertiary alicyclic amines) is 2. The van der Waals surface area contributed by atoms with Crippen molar-refractivity contribution < 1.29 is 9.59 Å². The van der Waals surface area contributed by atoms with Gasteiger partial charge in [-0.3, -0.25) is 19.0 Å². The van der Waals surface area contributed by atoms with Crippen LogP contribution < -0.4 is 10.9 Å². The number of amides is 2. The molecule has 35 heavy (non-hydrogen) atoms. The van der Waals surface area contributed by atoms with Gasteiger partial charge in [0.15, 0.2) is 0 Å². The van der Waals surface area contributed by atoms with Crippen LogP contribution >= 0.6 is 11.3 Å². The van der Waals surface area contributed by atoms with Gasteiger partial charge in [-0.25, -0.2) is 4.98 Å². The molecule has 0 radical (unpaired) electrons. The number of fused-ring (bicyclic) bond motifs is 1. The number of hydrogen-bond acceptors (Lipinski definition) is 6. The van der Waals surface area contributed by atoms with E-state index < -0.39 is 0 Å². The van der Waals surface area contributed by atoms with Gasteiger partial charge in [-0.1, -0.05) is 13.3 Å². The first-order valence-corrected chi connectivity index (χ1v) is 14.0. The lowest BCUT2D eigenvalue weighted by Gasteiger charge is -2.35. The van der Waals surface area contributed by atoms with Crippen LogP contribution in [0, 0.1) is 6.92 Å². The fraction of sp³-hybridized carbons (Fsp3) is 0.692. The van der Waals surface area contributed by atoms with Crippen molar-refractivity contribution in [3.63, 3.8) is 0 Å². The summed E-state index contributed by atoms with van der Waals surface area (Å²) in [6.45, 7) is 9.60. The highest BCUT2D eigenvalue weighted by atomic mass is 32.1. The summed E-state index contributed by atoms with van der Waals surface area (Å²) in [5.41, 5.74) is 0.395. The van der Waals surface area contributed by atoms with Crippen LogP contribution in [0.15, 0.2) is 11.1 Å². The fourth-order valence-electron chi connectivity index (χ4n) is 5.57. The van der Waals surface area contributed by atoms with Crippen LogP contribution in [0.5, 0.6) is 0 Å². The minimum Gasteiger partial charge on any atom is -0.351 e. The standard InChI is InChI=1S/C26H39N5O3S/c1-4-20-11-6-7-13-29(20)14-9-12-27-24(33)23-19(3)22-25(35-23)28-17-30(26(22)34)16-21(32)31-15-8-5-10-18(31)2/h17-18,20H,4-16H2,1-3H3,(H,27,33). The Labute approximate surface area is 211 Å². The number of nitrogens with zero attached hydrogens (tertiary/aromatic N) is 4. The second-order valence-corrected chi connectivity index (χ2v) is 11.0. The van der Waals surface area contributed by atoms with Gasteiger partial charge in [-0.2, -0.15) is 0 Å². The first-order valence-electron chi connectivity index (χ1n) is 13.2. The van der Waals surface area contributed by atoms with E-state index in [4.69, 9.17) is 0 Å². The number of thiophene rings is 1. The van der Waals surface area contributed by atoms with Crippen molar-refractivity contribution in [2.24, 2.45) is 0 Å². The molecular weight excluding hydrogens is 462 g/mol. The summed E-state index contributed by atoms with van der Waals surface area (Å²) in [6, 6.07) is 0.868. The molecule has 2 aliphatic heterocycles. The minimum atomic E-state index is -0.253. The molecule has 192 valence electrons. The Balaban J connectivity index is 1.39. The summed E-state index contributed by atoms with van der Waals surface area (Å²) < 4.78 is 1.39. The molecule has 2 aromatic rings. The van der Waals surface area contributed by atoms with Crippen LogP contribution in [-0.4, -0.2) is 69.4 Å². The van der Waals surface area contributed by atoms with Crippen molar-refractivity contribution >= 4 is 33.4 Å². The van der Waals surface area contributed by atoms with Crippen LogP contribution in [0.25, 0.3) is 10.2 Å². The zero-order chi connectivity index (χ0) is 24.9. The molecule has 0 spiro atoms. The summed E-state index contributed by atoms with van der Waals surface area (Å²) in [5.74, 6) is -0.203. The number of carbonyl (C=O) groups excluding carboxylic acids is 2. The molecule has 2 atom stereocenters. The van der Waals surface area contributed by atoms with Crippen LogP contribution in [0.4, 0.5) is 0 Å². The Morgan fingerprint density at radius 1 is 1.17 bits per heavy atom. The van der Waals surface area contributed by atoms with E-state index in [-0.39, 0.29) is 30.0 Å². The first kappa shape index (κ1) is 25.8. The average molecular weight is 502 g/mol. The van der Waals surface area contributed by atoms with Gasteiger partial charge in [0, 0.05) is 31.7 Å². The maximum Gasteiger partial charge on any atom is 0.262 e. The van der Waals surface area contributed by atoms with Crippen molar-refractivity contribution in [2.45, 2.75) is 90.8 Å². The second kappa shape index (κ2) is 11.6. The van der Waals surface area contributed by atoms with Gasteiger partial charge in [0.1, 0.15) is 11.4 Å². The molecule has 0 saturated carbocycles. The summed E-state index contributed by atoms with van der Waals surface area (Å²) >= 11 is 1.25. The van der Waals surface area contributed by atoms with Crippen molar-refractivity contribution in [1.29, 1.82) is 0 Å². The van der Waals surface area contributed by atoms with Crippen molar-refractivity contribution in [3.05, 3.63) is 27.1 Å². The molecule has 8 nitrogen and oxygen atoms in total. The molecule has 2 aliphatic rings. The SMILES string of the molecule is CCC1CCCCN1CCCNC(=O)c1sc2ncn(CC(=O)N3CCCCC3C)c(=O)c2c1C. The van der Waals surface area contributed by atoms with E-state index in [1.807, 2.05) is 4.90 Å². The van der Waals surface area contributed by atoms with Crippen LogP contribution in [0.2, 0.25) is 0 Å². The average Bonchev–Trinajstić information content (AvgIpc) is 3.21. The Morgan fingerprint density at radius 3 is 2.71 bits per heavy atom. The Hall–Kier alpha value is -2.26. The quantitative estimate of drug-likeness (QED) is 0.559. The third kappa shape index (κ3) is 5.77. The van der Waals surface area contributed by atoms with Crippen LogP contribution in [0.3, 0.4) is 0 Å². The molecule has 4 heterocycles. The minimum absolute atomic E-state index is 0.0157. The lowest BCUT2D eigenvalue weighted by Crippen LogP contribution is -2.44. The highest BCUT2D eigenvalue weighted by Crippen LogP contribution is 2.27. The van der Waals surface area contributed by atoms with Gasteiger partial charge in [0.05, 0.1) is 16.6 Å². The Bertz CT molecular complexity index is 1110. The third-order valence-corrected chi connectivity index (χ3v) is 8.88. The zero-order valence-corrected chi connectivity index (χ0v) is 22.2. The normalized spacial score (nSPS) is 21.4. The smallest absolute Gasteiger partial charge is 0.262 e. The Morgan fingerprint density at radius 2 is 1.94 bits per heavy atom. The van der Waals surface area contributed by atoms with Gasteiger partial charge in [0.25, 0.3) is 11.5 Å². The predicted molar refractivity (Wildman–Crippen MR) is 140 cm³/mol. The number of nitrogens with one attached hydrogen (secondary N) is 1. The molecule has 2 fully saturated rings. The maximum absolute atomic E-state index is 13.2. The third-order valence-electron chi connectivity index (χ3n) is 7.68. The van der Waals surface area contributed by atoms with Gasteiger partial charge in [-0.05, 0) is 70.9 Å². The van der Waals surface area contributed by atoms with E-state index in [0.29, 0.717) is 33.2 Å². The van der Waals surface area contributed by atoms with E-state index >= 15 is 0 Å². The summed E-state index contributed by atoms with van der Waals surface area (Å²) in [6.07, 6.45) is 10.5. The van der Waals surface area contributed by atoms with Crippen LogP contribution in [-0.2, 0) is 11.3 Å². The van der Waals surface area contributed by atoms with E-state index in [1.54, 1.807) is 6.92 Å². The largest absolute Gasteiger partial charge is 0.351 e. The molecule has 0 aliphatic carbocycles.